The standard InChI is InChI=1S/C11H22O4/c1-8-7-9(2)12-14-11(5,6)15-13-10(8,3)4/h8-9H,7H2,1-6H3. The Bertz CT molecular complexity index is 213. The molecule has 0 aromatic carbocycles. The zero-order chi connectivity index (χ0) is 11.7. The van der Waals surface area contributed by atoms with Crippen LogP contribution >= 0.6 is 0 Å². The average molecular weight is 218 g/mol. The Balaban J connectivity index is 2.74. The van der Waals surface area contributed by atoms with Gasteiger partial charge in [0, 0.05) is 0 Å². The van der Waals surface area contributed by atoms with E-state index in [4.69, 9.17) is 19.6 Å². The van der Waals surface area contributed by atoms with E-state index < -0.39 is 5.79 Å². The summed E-state index contributed by atoms with van der Waals surface area (Å²) in [5, 5.41) is 0. The molecule has 1 aliphatic rings. The zero-order valence-corrected chi connectivity index (χ0v) is 10.5. The molecule has 0 aromatic rings. The van der Waals surface area contributed by atoms with Gasteiger partial charge in [0.15, 0.2) is 0 Å². The Hall–Kier alpha value is -0.160. The largest absolute Gasteiger partial charge is 0.231 e. The second-order valence-electron chi connectivity index (χ2n) is 5.30. The highest BCUT2D eigenvalue weighted by atomic mass is 17.3. The molecular weight excluding hydrogens is 196 g/mol. The van der Waals surface area contributed by atoms with Gasteiger partial charge in [0.05, 0.1) is 6.10 Å². The topological polar surface area (TPSA) is 36.9 Å². The third-order valence-corrected chi connectivity index (χ3v) is 2.74. The smallest absolute Gasteiger partial charge is 0.228 e. The highest BCUT2D eigenvalue weighted by molar-refractivity contribution is 4.77. The molecule has 1 aliphatic heterocycles. The highest BCUT2D eigenvalue weighted by Gasteiger charge is 2.36. The van der Waals surface area contributed by atoms with Crippen LogP contribution in [0, 0.1) is 5.92 Å². The van der Waals surface area contributed by atoms with Gasteiger partial charge < -0.3 is 0 Å². The monoisotopic (exact) mass is 218 g/mol. The first-order valence-electron chi connectivity index (χ1n) is 5.44. The molecular formula is C11H22O4. The summed E-state index contributed by atoms with van der Waals surface area (Å²) in [4.78, 5) is 21.1. The summed E-state index contributed by atoms with van der Waals surface area (Å²) < 4.78 is 0. The van der Waals surface area contributed by atoms with E-state index in [1.54, 1.807) is 13.8 Å². The van der Waals surface area contributed by atoms with Crippen LogP contribution in [0.1, 0.15) is 48.0 Å². The molecule has 0 bridgehead atoms. The number of hydrogen-bond acceptors (Lipinski definition) is 4. The van der Waals surface area contributed by atoms with Crippen LogP contribution in [0.2, 0.25) is 0 Å². The van der Waals surface area contributed by atoms with E-state index in [1.165, 1.54) is 0 Å². The maximum Gasteiger partial charge on any atom is 0.228 e. The van der Waals surface area contributed by atoms with Gasteiger partial charge in [-0.25, -0.2) is 9.78 Å². The van der Waals surface area contributed by atoms with Crippen molar-refractivity contribution in [2.24, 2.45) is 5.92 Å². The van der Waals surface area contributed by atoms with Crippen LogP contribution in [0.4, 0.5) is 0 Å². The van der Waals surface area contributed by atoms with Gasteiger partial charge in [-0.2, -0.15) is 9.78 Å². The Morgan fingerprint density at radius 2 is 1.53 bits per heavy atom. The Kier molecular flexibility index (Phi) is 3.76. The van der Waals surface area contributed by atoms with Crippen molar-refractivity contribution in [2.45, 2.75) is 65.5 Å². The van der Waals surface area contributed by atoms with Crippen molar-refractivity contribution >= 4 is 0 Å². The lowest BCUT2D eigenvalue weighted by Gasteiger charge is -2.31. The van der Waals surface area contributed by atoms with Crippen LogP contribution in [-0.2, 0) is 19.6 Å². The van der Waals surface area contributed by atoms with Gasteiger partial charge in [0.2, 0.25) is 5.79 Å². The molecule has 2 unspecified atom stereocenters. The molecule has 4 nitrogen and oxygen atoms in total. The minimum absolute atomic E-state index is 0.0313. The van der Waals surface area contributed by atoms with Gasteiger partial charge in [-0.3, -0.25) is 0 Å². The molecule has 15 heavy (non-hydrogen) atoms. The van der Waals surface area contributed by atoms with Gasteiger partial charge in [-0.1, -0.05) is 6.92 Å². The molecule has 0 amide bonds. The van der Waals surface area contributed by atoms with Gasteiger partial charge >= 0.3 is 0 Å². The molecule has 1 saturated heterocycles. The second kappa shape index (κ2) is 4.37. The SMILES string of the molecule is CC1CC(C)C(C)(C)OOC(C)(C)OO1. The van der Waals surface area contributed by atoms with Crippen molar-refractivity contribution in [3.05, 3.63) is 0 Å². The van der Waals surface area contributed by atoms with Crippen LogP contribution in [0.5, 0.6) is 0 Å². The highest BCUT2D eigenvalue weighted by Crippen LogP contribution is 2.30. The van der Waals surface area contributed by atoms with Crippen LogP contribution in [0.25, 0.3) is 0 Å². The second-order valence-corrected chi connectivity index (χ2v) is 5.30. The Morgan fingerprint density at radius 1 is 0.933 bits per heavy atom. The van der Waals surface area contributed by atoms with E-state index in [2.05, 4.69) is 6.92 Å². The fourth-order valence-electron chi connectivity index (χ4n) is 1.32. The van der Waals surface area contributed by atoms with E-state index in [9.17, 15) is 0 Å². The molecule has 2 atom stereocenters. The molecule has 0 spiro atoms. The molecule has 1 heterocycles. The fourth-order valence-corrected chi connectivity index (χ4v) is 1.32. The van der Waals surface area contributed by atoms with Crippen LogP contribution < -0.4 is 0 Å². The molecule has 1 fully saturated rings. The van der Waals surface area contributed by atoms with Gasteiger partial charge in [0.1, 0.15) is 5.60 Å². The van der Waals surface area contributed by atoms with Crippen LogP contribution in [0.15, 0.2) is 0 Å². The summed E-state index contributed by atoms with van der Waals surface area (Å²) in [7, 11) is 0. The third-order valence-electron chi connectivity index (χ3n) is 2.74. The molecule has 0 N–H and O–H groups in total. The Labute approximate surface area is 91.7 Å². The average Bonchev–Trinajstić information content (AvgIpc) is 2.14. The lowest BCUT2D eigenvalue weighted by molar-refractivity contribution is -0.520. The predicted molar refractivity (Wildman–Crippen MR) is 55.7 cm³/mol. The fraction of sp³-hybridized carbons (Fsp3) is 1.00. The summed E-state index contributed by atoms with van der Waals surface area (Å²) in [6.07, 6.45) is 0.899. The normalized spacial score (nSPS) is 36.4. The summed E-state index contributed by atoms with van der Waals surface area (Å²) in [6, 6.07) is 0. The molecule has 0 saturated carbocycles. The summed E-state index contributed by atoms with van der Waals surface area (Å²) >= 11 is 0. The van der Waals surface area contributed by atoms with Crippen molar-refractivity contribution in [3.8, 4) is 0 Å². The minimum Gasteiger partial charge on any atom is -0.231 e. The van der Waals surface area contributed by atoms with Gasteiger partial charge in [0.25, 0.3) is 0 Å². The van der Waals surface area contributed by atoms with Gasteiger partial charge in [-0.15, -0.1) is 0 Å². The van der Waals surface area contributed by atoms with E-state index >= 15 is 0 Å². The molecule has 0 aliphatic carbocycles. The van der Waals surface area contributed by atoms with E-state index in [1.807, 2.05) is 20.8 Å². The van der Waals surface area contributed by atoms with E-state index in [-0.39, 0.29) is 11.7 Å². The van der Waals surface area contributed by atoms with Crippen molar-refractivity contribution in [3.63, 3.8) is 0 Å². The van der Waals surface area contributed by atoms with Crippen LogP contribution in [0.3, 0.4) is 0 Å². The minimum atomic E-state index is -0.879. The Morgan fingerprint density at radius 3 is 2.13 bits per heavy atom. The predicted octanol–water partition coefficient (Wildman–Crippen LogP) is 2.83. The lowest BCUT2D eigenvalue weighted by Crippen LogP contribution is -2.37. The maximum absolute atomic E-state index is 5.42. The molecule has 4 heteroatoms. The molecule has 1 rings (SSSR count). The maximum atomic E-state index is 5.42. The van der Waals surface area contributed by atoms with Gasteiger partial charge in [-0.05, 0) is 47.0 Å². The quantitative estimate of drug-likeness (QED) is 0.586. The van der Waals surface area contributed by atoms with E-state index in [0.717, 1.165) is 6.42 Å². The van der Waals surface area contributed by atoms with Crippen LogP contribution in [-0.4, -0.2) is 17.5 Å². The number of rotatable bonds is 0. The third kappa shape index (κ3) is 3.72. The van der Waals surface area contributed by atoms with Crippen molar-refractivity contribution in [2.75, 3.05) is 0 Å². The summed E-state index contributed by atoms with van der Waals surface area (Å²) in [5.41, 5.74) is -0.345. The van der Waals surface area contributed by atoms with E-state index in [0.29, 0.717) is 5.92 Å². The van der Waals surface area contributed by atoms with Crippen molar-refractivity contribution in [1.29, 1.82) is 0 Å². The first kappa shape index (κ1) is 12.9. The first-order valence-corrected chi connectivity index (χ1v) is 5.44. The molecule has 0 aromatic heterocycles. The van der Waals surface area contributed by atoms with Crippen molar-refractivity contribution in [1.82, 2.24) is 0 Å². The molecule has 0 radical (unpaired) electrons. The zero-order valence-electron chi connectivity index (χ0n) is 10.5. The lowest BCUT2D eigenvalue weighted by atomic mass is 9.88. The van der Waals surface area contributed by atoms with Crippen molar-refractivity contribution < 1.29 is 19.6 Å². The summed E-state index contributed by atoms with van der Waals surface area (Å²) in [6.45, 7) is 11.6. The first-order chi connectivity index (χ1) is 6.73. The summed E-state index contributed by atoms with van der Waals surface area (Å²) in [5.74, 6) is -0.555. The number of hydrogen-bond donors (Lipinski definition) is 0. The molecule has 90 valence electrons.